The number of alkyl halides is 3. The van der Waals surface area contributed by atoms with E-state index < -0.39 is 11.7 Å². The molecule has 0 amide bonds. The Hall–Kier alpha value is -0.970. The summed E-state index contributed by atoms with van der Waals surface area (Å²) in [7, 11) is 0. The quantitative estimate of drug-likeness (QED) is 0.741. The van der Waals surface area contributed by atoms with E-state index in [1.165, 1.54) is 12.3 Å². The van der Waals surface area contributed by atoms with E-state index in [0.717, 1.165) is 0 Å². The zero-order chi connectivity index (χ0) is 11.2. The van der Waals surface area contributed by atoms with Crippen molar-refractivity contribution in [1.29, 1.82) is 0 Å². The molecular weight excluding hydrogens is 271 g/mol. The Labute approximate surface area is 92.4 Å². The molecule has 0 spiro atoms. The van der Waals surface area contributed by atoms with Crippen LogP contribution in [-0.4, -0.2) is 4.98 Å². The van der Waals surface area contributed by atoms with Gasteiger partial charge in [0.25, 0.3) is 0 Å². The number of nitrogens with one attached hydrogen (secondary N) is 1. The third-order valence-corrected chi connectivity index (χ3v) is 3.28. The Balaban J connectivity index is 2.90. The van der Waals surface area contributed by atoms with Gasteiger partial charge in [-0.15, -0.1) is 0 Å². The monoisotopic (exact) mass is 277 g/mol. The fourth-order valence-corrected chi connectivity index (χ4v) is 2.14. The van der Waals surface area contributed by atoms with Crippen LogP contribution in [0.4, 0.5) is 13.2 Å². The van der Waals surface area contributed by atoms with Gasteiger partial charge in [-0.25, -0.2) is 0 Å². The maximum Gasteiger partial charge on any atom is 0.418 e. The van der Waals surface area contributed by atoms with Crippen LogP contribution in [0.25, 0.3) is 10.9 Å². The predicted molar refractivity (Wildman–Crippen MR) is 55.7 cm³/mol. The summed E-state index contributed by atoms with van der Waals surface area (Å²) in [5, 5.41) is 0.194. The lowest BCUT2D eigenvalue weighted by atomic mass is 10.1. The van der Waals surface area contributed by atoms with Gasteiger partial charge < -0.3 is 4.98 Å². The first kappa shape index (κ1) is 10.5. The minimum atomic E-state index is -4.34. The Kier molecular flexibility index (Phi) is 2.30. The van der Waals surface area contributed by atoms with Crippen molar-refractivity contribution in [3.05, 3.63) is 33.9 Å². The number of rotatable bonds is 0. The number of benzene rings is 1. The average Bonchev–Trinajstić information content (AvgIpc) is 2.50. The van der Waals surface area contributed by atoms with Gasteiger partial charge in [-0.2, -0.15) is 13.2 Å². The number of halogens is 4. The Morgan fingerprint density at radius 1 is 1.33 bits per heavy atom. The molecule has 0 aliphatic rings. The lowest BCUT2D eigenvalue weighted by molar-refractivity contribution is -0.136. The van der Waals surface area contributed by atoms with Gasteiger partial charge in [-0.1, -0.05) is 0 Å². The highest BCUT2D eigenvalue weighted by Crippen LogP contribution is 2.41. The van der Waals surface area contributed by atoms with E-state index in [1.807, 2.05) is 0 Å². The van der Waals surface area contributed by atoms with Crippen LogP contribution in [0, 0.1) is 6.92 Å². The highest BCUT2D eigenvalue weighted by molar-refractivity contribution is 9.10. The molecule has 2 aromatic rings. The van der Waals surface area contributed by atoms with Gasteiger partial charge in [-0.05, 0) is 40.5 Å². The largest absolute Gasteiger partial charge is 0.418 e. The zero-order valence-corrected chi connectivity index (χ0v) is 9.33. The molecule has 0 saturated carbocycles. The molecule has 0 fully saturated rings. The third kappa shape index (κ3) is 1.65. The topological polar surface area (TPSA) is 15.8 Å². The van der Waals surface area contributed by atoms with Crippen molar-refractivity contribution in [3.63, 3.8) is 0 Å². The summed E-state index contributed by atoms with van der Waals surface area (Å²) in [6.07, 6.45) is -2.84. The lowest BCUT2D eigenvalue weighted by Crippen LogP contribution is -2.07. The summed E-state index contributed by atoms with van der Waals surface area (Å²) in [5.74, 6) is 0. The molecule has 0 unspecified atom stereocenters. The Morgan fingerprint density at radius 2 is 2.00 bits per heavy atom. The molecule has 0 radical (unpaired) electrons. The van der Waals surface area contributed by atoms with Crippen molar-refractivity contribution in [3.8, 4) is 0 Å². The van der Waals surface area contributed by atoms with Crippen molar-refractivity contribution in [2.24, 2.45) is 0 Å². The van der Waals surface area contributed by atoms with Crippen molar-refractivity contribution in [1.82, 2.24) is 4.98 Å². The minimum absolute atomic E-state index is 0.113. The molecule has 0 aliphatic carbocycles. The van der Waals surface area contributed by atoms with Crippen LogP contribution < -0.4 is 0 Å². The fourth-order valence-electron chi connectivity index (χ4n) is 1.59. The Morgan fingerprint density at radius 3 is 2.60 bits per heavy atom. The first-order valence-electron chi connectivity index (χ1n) is 4.24. The molecule has 1 aromatic carbocycles. The summed E-state index contributed by atoms with van der Waals surface area (Å²) in [6, 6.07) is 3.12. The van der Waals surface area contributed by atoms with E-state index >= 15 is 0 Å². The second kappa shape index (κ2) is 3.27. The van der Waals surface area contributed by atoms with Crippen LogP contribution in [0.3, 0.4) is 0 Å². The number of aromatic amines is 1. The molecule has 1 nitrogen and oxygen atoms in total. The first-order chi connectivity index (χ1) is 6.91. The van der Waals surface area contributed by atoms with E-state index in [9.17, 15) is 13.2 Å². The number of hydrogen-bond acceptors (Lipinski definition) is 0. The summed E-state index contributed by atoms with van der Waals surface area (Å²) in [5.41, 5.74) is 0.457. The normalized spacial score (nSPS) is 12.3. The van der Waals surface area contributed by atoms with Gasteiger partial charge in [0.2, 0.25) is 0 Å². The highest BCUT2D eigenvalue weighted by atomic mass is 79.9. The van der Waals surface area contributed by atoms with Crippen molar-refractivity contribution in [2.75, 3.05) is 0 Å². The molecule has 0 saturated heterocycles. The lowest BCUT2D eigenvalue weighted by Gasteiger charge is -2.12. The van der Waals surface area contributed by atoms with Crippen molar-refractivity contribution in [2.45, 2.75) is 13.1 Å². The summed E-state index contributed by atoms with van der Waals surface area (Å²) < 4.78 is 38.5. The standard InChI is InChI=1S/C10H7BrF3N/c1-5-4-7-6(2-3-15-7)8(9(5)11)10(12,13)14/h2-4,15H,1H3. The second-order valence-corrected chi connectivity index (χ2v) is 4.11. The van der Waals surface area contributed by atoms with Gasteiger partial charge in [0, 0.05) is 21.6 Å². The van der Waals surface area contributed by atoms with E-state index in [2.05, 4.69) is 20.9 Å². The fraction of sp³-hybridized carbons (Fsp3) is 0.200. The summed E-state index contributed by atoms with van der Waals surface area (Å²) >= 11 is 2.99. The van der Waals surface area contributed by atoms with E-state index in [1.54, 1.807) is 13.0 Å². The van der Waals surface area contributed by atoms with Crippen LogP contribution >= 0.6 is 15.9 Å². The molecular formula is C10H7BrF3N. The van der Waals surface area contributed by atoms with Crippen LogP contribution in [0.2, 0.25) is 0 Å². The van der Waals surface area contributed by atoms with Gasteiger partial charge in [0.05, 0.1) is 5.56 Å². The predicted octanol–water partition coefficient (Wildman–Crippen LogP) is 4.26. The molecule has 5 heteroatoms. The summed E-state index contributed by atoms with van der Waals surface area (Å²) in [4.78, 5) is 2.78. The molecule has 15 heavy (non-hydrogen) atoms. The maximum atomic E-state index is 12.8. The van der Waals surface area contributed by atoms with Gasteiger partial charge in [0.1, 0.15) is 0 Å². The number of aryl methyl sites for hydroxylation is 1. The first-order valence-corrected chi connectivity index (χ1v) is 5.04. The van der Waals surface area contributed by atoms with Gasteiger partial charge in [0.15, 0.2) is 0 Å². The van der Waals surface area contributed by atoms with Crippen LogP contribution in [0.5, 0.6) is 0 Å². The van der Waals surface area contributed by atoms with E-state index in [-0.39, 0.29) is 9.86 Å². The third-order valence-electron chi connectivity index (χ3n) is 2.26. The smallest absolute Gasteiger partial charge is 0.361 e. The molecule has 80 valence electrons. The molecule has 1 heterocycles. The zero-order valence-electron chi connectivity index (χ0n) is 7.74. The van der Waals surface area contributed by atoms with Crippen molar-refractivity contribution >= 4 is 26.8 Å². The minimum Gasteiger partial charge on any atom is -0.361 e. The summed E-state index contributed by atoms with van der Waals surface area (Å²) in [6.45, 7) is 1.64. The molecule has 0 atom stereocenters. The number of fused-ring (bicyclic) bond motifs is 1. The second-order valence-electron chi connectivity index (χ2n) is 3.32. The Bertz CT molecular complexity index is 513. The van der Waals surface area contributed by atoms with Crippen LogP contribution in [0.15, 0.2) is 22.8 Å². The van der Waals surface area contributed by atoms with Crippen LogP contribution in [-0.2, 0) is 6.18 Å². The van der Waals surface area contributed by atoms with Crippen LogP contribution in [0.1, 0.15) is 11.1 Å². The van der Waals surface area contributed by atoms with E-state index in [4.69, 9.17) is 0 Å². The SMILES string of the molecule is Cc1cc2[nH]ccc2c(C(F)(F)F)c1Br. The molecule has 0 aliphatic heterocycles. The van der Waals surface area contributed by atoms with Crippen molar-refractivity contribution < 1.29 is 13.2 Å². The number of hydrogen-bond donors (Lipinski definition) is 1. The van der Waals surface area contributed by atoms with Gasteiger partial charge >= 0.3 is 6.18 Å². The molecule has 0 bridgehead atoms. The van der Waals surface area contributed by atoms with Gasteiger partial charge in [-0.3, -0.25) is 0 Å². The number of H-pyrrole nitrogens is 1. The molecule has 1 aromatic heterocycles. The maximum absolute atomic E-state index is 12.8. The molecule has 2 rings (SSSR count). The highest BCUT2D eigenvalue weighted by Gasteiger charge is 2.35. The average molecular weight is 278 g/mol. The van der Waals surface area contributed by atoms with E-state index in [0.29, 0.717) is 11.1 Å². The molecule has 1 N–H and O–H groups in total. The number of aromatic nitrogens is 1.